The third kappa shape index (κ3) is 3.51. The minimum absolute atomic E-state index is 0.888. The summed E-state index contributed by atoms with van der Waals surface area (Å²) in [7, 11) is 0. The fourth-order valence-electron chi connectivity index (χ4n) is 3.74. The van der Waals surface area contributed by atoms with Gasteiger partial charge in [-0.15, -0.1) is 0 Å². The summed E-state index contributed by atoms with van der Waals surface area (Å²) in [6.07, 6.45) is 8.82. The molecule has 0 unspecified atom stereocenters. The molecule has 0 atom stereocenters. The zero-order valence-corrected chi connectivity index (χ0v) is 14.1. The number of H-pyrrole nitrogens is 1. The molecule has 0 bridgehead atoms. The number of aromatic nitrogens is 2. The number of rotatable bonds is 5. The number of hydrogen-bond donors (Lipinski definition) is 2. The molecule has 124 valence electrons. The van der Waals surface area contributed by atoms with Crippen LogP contribution in [0.4, 0.5) is 0 Å². The van der Waals surface area contributed by atoms with E-state index in [9.17, 15) is 0 Å². The number of fused-ring (bicyclic) bond motifs is 1. The van der Waals surface area contributed by atoms with Crippen LogP contribution >= 0.6 is 0 Å². The second-order valence-corrected chi connectivity index (χ2v) is 6.97. The molecule has 24 heavy (non-hydrogen) atoms. The van der Waals surface area contributed by atoms with E-state index in [0.717, 1.165) is 30.0 Å². The Bertz CT molecular complexity index is 782. The summed E-state index contributed by atoms with van der Waals surface area (Å²) in [5.41, 5.74) is 5.95. The number of nitrogens with one attached hydrogen (secondary N) is 2. The van der Waals surface area contributed by atoms with Crippen LogP contribution in [0.25, 0.3) is 22.2 Å². The molecular formula is C21H25N3. The lowest BCUT2D eigenvalue weighted by molar-refractivity contribution is 0.342. The van der Waals surface area contributed by atoms with E-state index >= 15 is 0 Å². The molecule has 0 saturated heterocycles. The molecule has 1 aliphatic carbocycles. The molecule has 0 amide bonds. The molecule has 1 heterocycles. The van der Waals surface area contributed by atoms with Gasteiger partial charge in [0.1, 0.15) is 0 Å². The minimum atomic E-state index is 0.888. The van der Waals surface area contributed by atoms with Crippen LogP contribution in [-0.4, -0.2) is 16.5 Å². The van der Waals surface area contributed by atoms with Crippen LogP contribution in [-0.2, 0) is 6.54 Å². The van der Waals surface area contributed by atoms with E-state index in [2.05, 4.69) is 57.7 Å². The van der Waals surface area contributed by atoms with E-state index in [-0.39, 0.29) is 0 Å². The fourth-order valence-corrected chi connectivity index (χ4v) is 3.74. The van der Waals surface area contributed by atoms with Gasteiger partial charge in [-0.05, 0) is 54.1 Å². The number of imidazole rings is 1. The molecule has 4 rings (SSSR count). The lowest BCUT2D eigenvalue weighted by atomic mass is 9.89. The van der Waals surface area contributed by atoms with E-state index in [1.165, 1.54) is 48.8 Å². The van der Waals surface area contributed by atoms with Crippen molar-refractivity contribution in [3.8, 4) is 11.1 Å². The SMILES string of the molecule is c1nc2ccc(-c3ccc(CNCC4CCCCC4)cc3)cc2[nH]1. The van der Waals surface area contributed by atoms with Gasteiger partial charge >= 0.3 is 0 Å². The standard InChI is InChI=1S/C21H25N3/c1-2-4-16(5-3-1)13-22-14-17-6-8-18(9-7-17)19-10-11-20-21(12-19)24-15-23-20/h6-12,15-16,22H,1-5,13-14H2,(H,23,24). The first-order chi connectivity index (χ1) is 11.9. The van der Waals surface area contributed by atoms with Gasteiger partial charge in [0, 0.05) is 6.54 Å². The number of nitrogens with zero attached hydrogens (tertiary/aromatic N) is 1. The highest BCUT2D eigenvalue weighted by Gasteiger charge is 2.12. The van der Waals surface area contributed by atoms with Crippen molar-refractivity contribution in [2.45, 2.75) is 38.6 Å². The van der Waals surface area contributed by atoms with Crippen molar-refractivity contribution in [1.82, 2.24) is 15.3 Å². The predicted molar refractivity (Wildman–Crippen MR) is 99.8 cm³/mol. The molecule has 3 aromatic rings. The lowest BCUT2D eigenvalue weighted by Gasteiger charge is -2.21. The summed E-state index contributed by atoms with van der Waals surface area (Å²) in [4.78, 5) is 7.45. The summed E-state index contributed by atoms with van der Waals surface area (Å²) in [5.74, 6) is 0.888. The molecule has 1 fully saturated rings. The summed E-state index contributed by atoms with van der Waals surface area (Å²) in [6, 6.07) is 15.3. The van der Waals surface area contributed by atoms with Gasteiger partial charge in [-0.1, -0.05) is 49.6 Å². The van der Waals surface area contributed by atoms with E-state index in [1.807, 2.05) is 0 Å². The maximum absolute atomic E-state index is 4.28. The molecule has 2 N–H and O–H groups in total. The van der Waals surface area contributed by atoms with Crippen molar-refractivity contribution in [1.29, 1.82) is 0 Å². The van der Waals surface area contributed by atoms with Crippen molar-refractivity contribution < 1.29 is 0 Å². The third-order valence-electron chi connectivity index (χ3n) is 5.19. The molecule has 1 aliphatic rings. The average molecular weight is 319 g/mol. The second kappa shape index (κ2) is 7.18. The Morgan fingerprint density at radius 2 is 1.75 bits per heavy atom. The Labute approximate surface area is 143 Å². The molecule has 1 saturated carbocycles. The molecule has 0 radical (unpaired) electrons. The summed E-state index contributed by atoms with van der Waals surface area (Å²) in [6.45, 7) is 2.13. The monoisotopic (exact) mass is 319 g/mol. The van der Waals surface area contributed by atoms with Gasteiger partial charge in [-0.2, -0.15) is 0 Å². The third-order valence-corrected chi connectivity index (χ3v) is 5.19. The molecule has 0 spiro atoms. The van der Waals surface area contributed by atoms with Gasteiger partial charge in [-0.25, -0.2) is 4.98 Å². The van der Waals surface area contributed by atoms with Gasteiger partial charge in [0.05, 0.1) is 17.4 Å². The second-order valence-electron chi connectivity index (χ2n) is 6.97. The predicted octanol–water partition coefficient (Wildman–Crippen LogP) is 4.90. The number of aromatic amines is 1. The summed E-state index contributed by atoms with van der Waals surface area (Å²) < 4.78 is 0. The fraction of sp³-hybridized carbons (Fsp3) is 0.381. The van der Waals surface area contributed by atoms with Crippen LogP contribution in [0, 0.1) is 5.92 Å². The normalized spacial score (nSPS) is 15.8. The van der Waals surface area contributed by atoms with Gasteiger partial charge in [0.2, 0.25) is 0 Å². The smallest absolute Gasteiger partial charge is 0.0931 e. The van der Waals surface area contributed by atoms with Crippen LogP contribution in [0.5, 0.6) is 0 Å². The maximum Gasteiger partial charge on any atom is 0.0931 e. The van der Waals surface area contributed by atoms with Crippen LogP contribution in [0.2, 0.25) is 0 Å². The Hall–Kier alpha value is -2.13. The van der Waals surface area contributed by atoms with E-state index < -0.39 is 0 Å². The minimum Gasteiger partial charge on any atom is -0.345 e. The zero-order valence-electron chi connectivity index (χ0n) is 14.1. The Morgan fingerprint density at radius 1 is 0.958 bits per heavy atom. The Kier molecular flexibility index (Phi) is 4.61. The highest BCUT2D eigenvalue weighted by Crippen LogP contribution is 2.24. The van der Waals surface area contributed by atoms with Gasteiger partial charge in [-0.3, -0.25) is 0 Å². The first-order valence-electron chi connectivity index (χ1n) is 9.12. The first kappa shape index (κ1) is 15.4. The molecule has 0 aliphatic heterocycles. The van der Waals surface area contributed by atoms with Crippen LogP contribution in [0.3, 0.4) is 0 Å². The highest BCUT2D eigenvalue weighted by molar-refractivity contribution is 5.81. The van der Waals surface area contributed by atoms with Crippen molar-refractivity contribution in [2.75, 3.05) is 6.54 Å². The maximum atomic E-state index is 4.28. The van der Waals surface area contributed by atoms with Gasteiger partial charge < -0.3 is 10.3 Å². The largest absolute Gasteiger partial charge is 0.345 e. The van der Waals surface area contributed by atoms with E-state index in [1.54, 1.807) is 6.33 Å². The lowest BCUT2D eigenvalue weighted by Crippen LogP contribution is -2.24. The van der Waals surface area contributed by atoms with E-state index in [0.29, 0.717) is 0 Å². The number of hydrogen-bond acceptors (Lipinski definition) is 2. The summed E-state index contributed by atoms with van der Waals surface area (Å²) >= 11 is 0. The average Bonchev–Trinajstić information content (AvgIpc) is 3.11. The zero-order chi connectivity index (χ0) is 16.2. The number of benzene rings is 2. The first-order valence-corrected chi connectivity index (χ1v) is 9.12. The molecule has 3 nitrogen and oxygen atoms in total. The van der Waals surface area contributed by atoms with Crippen LogP contribution in [0.1, 0.15) is 37.7 Å². The molecule has 3 heteroatoms. The quantitative estimate of drug-likeness (QED) is 0.702. The van der Waals surface area contributed by atoms with Crippen molar-refractivity contribution >= 4 is 11.0 Å². The molecule has 1 aromatic heterocycles. The Morgan fingerprint density at radius 3 is 2.58 bits per heavy atom. The van der Waals surface area contributed by atoms with Crippen molar-refractivity contribution in [2.24, 2.45) is 5.92 Å². The van der Waals surface area contributed by atoms with Crippen molar-refractivity contribution in [3.05, 3.63) is 54.4 Å². The van der Waals surface area contributed by atoms with E-state index in [4.69, 9.17) is 0 Å². The van der Waals surface area contributed by atoms with Gasteiger partial charge in [0.25, 0.3) is 0 Å². The molecule has 2 aromatic carbocycles. The van der Waals surface area contributed by atoms with Crippen molar-refractivity contribution in [3.63, 3.8) is 0 Å². The topological polar surface area (TPSA) is 40.7 Å². The molecular weight excluding hydrogens is 294 g/mol. The van der Waals surface area contributed by atoms with Gasteiger partial charge in [0.15, 0.2) is 0 Å². The summed E-state index contributed by atoms with van der Waals surface area (Å²) in [5, 5.41) is 3.64. The van der Waals surface area contributed by atoms with Crippen LogP contribution < -0.4 is 5.32 Å². The Balaban J connectivity index is 1.37. The van der Waals surface area contributed by atoms with Crippen LogP contribution in [0.15, 0.2) is 48.8 Å². The highest BCUT2D eigenvalue weighted by atomic mass is 14.9.